The van der Waals surface area contributed by atoms with E-state index in [9.17, 15) is 0 Å². The van der Waals surface area contributed by atoms with Gasteiger partial charge in [-0.3, -0.25) is 0 Å². The number of hydrogen-bond donors (Lipinski definition) is 0. The molecule has 19 valence electrons. The fraction of sp³-hybridized carbons (Fsp3) is 0.500. The van der Waals surface area contributed by atoms with Gasteiger partial charge in [-0.2, -0.15) is 0 Å². The second-order valence-corrected chi connectivity index (χ2v) is 0.569. The van der Waals surface area contributed by atoms with Gasteiger partial charge in [-0.1, -0.05) is 0 Å². The summed E-state index contributed by atoms with van der Waals surface area (Å²) in [5, 5.41) is 0. The summed E-state index contributed by atoms with van der Waals surface area (Å²) in [6.45, 7) is 7.11. The van der Waals surface area contributed by atoms with E-state index in [1.807, 2.05) is 14.0 Å². The molecule has 0 aliphatic heterocycles. The Morgan fingerprint density at radius 2 is 2.00 bits per heavy atom. The van der Waals surface area contributed by atoms with E-state index >= 15 is 0 Å². The van der Waals surface area contributed by atoms with Crippen LogP contribution in [0, 0.1) is 0 Å². The average molecular weight is 50.7 g/mol. The van der Waals surface area contributed by atoms with E-state index in [2.05, 4.69) is 6.47 Å². The third kappa shape index (κ3) is 2.00. The van der Waals surface area contributed by atoms with Gasteiger partial charge in [0.05, 0.1) is 0 Å². The third-order valence-corrected chi connectivity index (χ3v) is 0.236. The van der Waals surface area contributed by atoms with Crippen LogP contribution in [0.15, 0.2) is 0 Å². The molecule has 0 amide bonds. The number of rotatable bonds is 1. The zero-order valence-corrected chi connectivity index (χ0v) is 2.86. The van der Waals surface area contributed by atoms with Gasteiger partial charge in [0.1, 0.15) is 0 Å². The molecule has 0 nitrogen and oxygen atoms in total. The van der Waals surface area contributed by atoms with Crippen molar-refractivity contribution in [1.29, 1.82) is 0 Å². The first-order valence-corrected chi connectivity index (χ1v) is 1.32. The van der Waals surface area contributed by atoms with E-state index in [0.717, 1.165) is 0 Å². The molecule has 0 aliphatic rings. The molecule has 0 aromatic carbocycles. The SMILES string of the molecule is C=B[B]C. The summed E-state index contributed by atoms with van der Waals surface area (Å²) in [5.74, 6) is 0. The molecule has 4 heavy (non-hydrogen) atoms. The Bertz CT molecular complexity index is 18.0. The van der Waals surface area contributed by atoms with Gasteiger partial charge >= 0.3 is 27.3 Å². The molecule has 0 fully saturated rings. The van der Waals surface area contributed by atoms with Gasteiger partial charge in [-0.15, -0.1) is 0 Å². The summed E-state index contributed by atoms with van der Waals surface area (Å²) in [6, 6.07) is 0. The maximum absolute atomic E-state index is 3.42. The van der Waals surface area contributed by atoms with E-state index < -0.39 is 0 Å². The number of hydrogen-bond acceptors (Lipinski definition) is 0. The summed E-state index contributed by atoms with van der Waals surface area (Å²) in [6.07, 6.45) is 0. The summed E-state index contributed by atoms with van der Waals surface area (Å²) in [5.41, 5.74) is 0. The molecule has 0 atom stereocenters. The van der Waals surface area contributed by atoms with Crippen LogP contribution in [0.4, 0.5) is 0 Å². The van der Waals surface area contributed by atoms with Crippen LogP contribution in [0.2, 0.25) is 6.82 Å². The molecule has 2 heteroatoms. The molecule has 0 aliphatic carbocycles. The molecule has 0 saturated carbocycles. The normalized spacial score (nSPS) is 4.25. The molecule has 0 spiro atoms. The van der Waals surface area contributed by atoms with Gasteiger partial charge in [0.15, 0.2) is 0 Å². The predicted octanol–water partition coefficient (Wildman–Crippen LogP) is -0.210. The minimum atomic E-state index is 1.75. The van der Waals surface area contributed by atoms with Gasteiger partial charge < -0.3 is 0 Å². The molecule has 0 bridgehead atoms. The third-order valence-electron chi connectivity index (χ3n) is 0.236. The van der Waals surface area contributed by atoms with Gasteiger partial charge in [0, 0.05) is 0 Å². The quantitative estimate of drug-likeness (QED) is 0.361. The Hall–Kier alpha value is -0.000130. The summed E-state index contributed by atoms with van der Waals surface area (Å²) < 4.78 is 0. The Morgan fingerprint density at radius 1 is 1.75 bits per heavy atom. The molecule has 1 radical (unpaired) electrons. The van der Waals surface area contributed by atoms with Crippen molar-refractivity contribution in [1.82, 2.24) is 0 Å². The Kier molecular flexibility index (Phi) is 3.00. The zero-order chi connectivity index (χ0) is 3.41. The van der Waals surface area contributed by atoms with Gasteiger partial charge in [0.25, 0.3) is 0 Å². The second kappa shape index (κ2) is 3.00. The van der Waals surface area contributed by atoms with Crippen molar-refractivity contribution in [3.63, 3.8) is 0 Å². The van der Waals surface area contributed by atoms with Gasteiger partial charge in [-0.05, 0) is 0 Å². The first-order chi connectivity index (χ1) is 1.91. The second-order valence-electron chi connectivity index (χ2n) is 0.569. The summed E-state index contributed by atoms with van der Waals surface area (Å²) in [7, 11) is 1.89. The molecule has 0 saturated heterocycles. The fourth-order valence-electron chi connectivity index (χ4n) is 0. The summed E-state index contributed by atoms with van der Waals surface area (Å²) >= 11 is 0. The zero-order valence-electron chi connectivity index (χ0n) is 2.86. The Labute approximate surface area is 28.3 Å². The van der Waals surface area contributed by atoms with Crippen molar-refractivity contribution in [2.45, 2.75) is 6.82 Å². The monoisotopic (exact) mass is 51.1 g/mol. The molecule has 0 rings (SSSR count). The predicted molar refractivity (Wildman–Crippen MR) is 24.5 cm³/mol. The first kappa shape index (κ1) is 4.00. The summed E-state index contributed by atoms with van der Waals surface area (Å²) in [4.78, 5) is 0. The molecule has 0 heterocycles. The average Bonchev–Trinajstić information content (AvgIpc) is 1.37. The van der Waals surface area contributed by atoms with Crippen molar-refractivity contribution in [2.24, 2.45) is 0 Å². The van der Waals surface area contributed by atoms with Crippen LogP contribution in [0.1, 0.15) is 0 Å². The molecule has 0 aromatic heterocycles. The maximum atomic E-state index is 3.42. The molecule has 0 aromatic rings. The molecule has 0 N–H and O–H groups in total. The van der Waals surface area contributed by atoms with Gasteiger partial charge in [-0.25, -0.2) is 0 Å². The van der Waals surface area contributed by atoms with E-state index in [4.69, 9.17) is 0 Å². The van der Waals surface area contributed by atoms with E-state index in [1.165, 1.54) is 0 Å². The Balaban J connectivity index is 2.30. The van der Waals surface area contributed by atoms with Crippen LogP contribution in [0.5, 0.6) is 0 Å². The van der Waals surface area contributed by atoms with Crippen LogP contribution >= 0.6 is 0 Å². The molecular formula is C2H5B2. The van der Waals surface area contributed by atoms with Crippen molar-refractivity contribution >= 4 is 20.5 Å². The fourth-order valence-corrected chi connectivity index (χ4v) is 0. The standard InChI is InChI=1S/C2H5B2/c1-3-4-2/h1H2,2H3. The van der Waals surface area contributed by atoms with E-state index in [1.54, 1.807) is 6.81 Å². The van der Waals surface area contributed by atoms with Crippen LogP contribution in [0.25, 0.3) is 0 Å². The van der Waals surface area contributed by atoms with E-state index in [0.29, 0.717) is 0 Å². The molecular weight excluding hydrogens is 45.6 g/mol. The molecule has 0 unspecified atom stereocenters. The van der Waals surface area contributed by atoms with Crippen molar-refractivity contribution < 1.29 is 0 Å². The van der Waals surface area contributed by atoms with Crippen LogP contribution in [-0.4, -0.2) is 20.5 Å². The van der Waals surface area contributed by atoms with E-state index in [-0.39, 0.29) is 0 Å². The van der Waals surface area contributed by atoms with Gasteiger partial charge in [0.2, 0.25) is 0 Å². The first-order valence-electron chi connectivity index (χ1n) is 1.32. The minimum absolute atomic E-state index is 1.75. The van der Waals surface area contributed by atoms with Crippen molar-refractivity contribution in [2.75, 3.05) is 0 Å². The topological polar surface area (TPSA) is 0 Å². The van der Waals surface area contributed by atoms with Crippen LogP contribution in [0.3, 0.4) is 0 Å². The van der Waals surface area contributed by atoms with Crippen LogP contribution in [-0.2, 0) is 0 Å². The van der Waals surface area contributed by atoms with Crippen molar-refractivity contribution in [3.05, 3.63) is 0 Å². The van der Waals surface area contributed by atoms with Crippen LogP contribution < -0.4 is 0 Å². The Morgan fingerprint density at radius 3 is 2.00 bits per heavy atom. The van der Waals surface area contributed by atoms with Crippen molar-refractivity contribution in [3.8, 4) is 0 Å².